The maximum Gasteiger partial charge on any atom is 0.326 e. The number of ether oxygens (including phenoxy) is 1. The highest BCUT2D eigenvalue weighted by Gasteiger charge is 2.30. The SMILES string of the molecule is CC1Cc2ccccc2N1C(=O)COC(=O)Cn1cc(I)c(=O)c(I)c1. The zero-order valence-corrected chi connectivity index (χ0v) is 18.3. The number of carbonyl (C=O) groups excluding carboxylic acids is 2. The molecule has 0 fully saturated rings. The molecule has 1 aliphatic heterocycles. The molecule has 26 heavy (non-hydrogen) atoms. The van der Waals surface area contributed by atoms with Crippen molar-refractivity contribution >= 4 is 62.7 Å². The monoisotopic (exact) mass is 578 g/mol. The molecule has 1 aliphatic rings. The summed E-state index contributed by atoms with van der Waals surface area (Å²) in [4.78, 5) is 38.0. The van der Waals surface area contributed by atoms with Crippen LogP contribution in [0.2, 0.25) is 0 Å². The molecule has 0 radical (unpaired) electrons. The third-order valence-electron chi connectivity index (χ3n) is 4.14. The second-order valence-electron chi connectivity index (χ2n) is 6.06. The summed E-state index contributed by atoms with van der Waals surface area (Å²) in [7, 11) is 0. The van der Waals surface area contributed by atoms with Crippen molar-refractivity contribution in [2.24, 2.45) is 0 Å². The number of hydrogen-bond acceptors (Lipinski definition) is 4. The van der Waals surface area contributed by atoms with E-state index in [4.69, 9.17) is 4.74 Å². The Morgan fingerprint density at radius 1 is 1.19 bits per heavy atom. The quantitative estimate of drug-likeness (QED) is 0.414. The van der Waals surface area contributed by atoms with Crippen molar-refractivity contribution in [3.63, 3.8) is 0 Å². The van der Waals surface area contributed by atoms with Gasteiger partial charge in [-0.3, -0.25) is 14.4 Å². The van der Waals surface area contributed by atoms with Crippen molar-refractivity contribution < 1.29 is 14.3 Å². The van der Waals surface area contributed by atoms with Gasteiger partial charge in [0.2, 0.25) is 5.43 Å². The van der Waals surface area contributed by atoms with E-state index in [1.807, 2.05) is 76.4 Å². The normalized spacial score (nSPS) is 15.7. The number of fused-ring (bicyclic) bond motifs is 1. The van der Waals surface area contributed by atoms with Crippen molar-refractivity contribution in [3.8, 4) is 0 Å². The Balaban J connectivity index is 1.61. The fourth-order valence-corrected chi connectivity index (χ4v) is 4.82. The Kier molecular flexibility index (Phi) is 6.00. The molecule has 2 heterocycles. The van der Waals surface area contributed by atoms with Crippen LogP contribution in [-0.4, -0.2) is 29.1 Å². The van der Waals surface area contributed by atoms with E-state index >= 15 is 0 Å². The fourth-order valence-electron chi connectivity index (χ4n) is 3.00. The number of aromatic nitrogens is 1. The molecule has 0 spiro atoms. The second kappa shape index (κ2) is 8.07. The standard InChI is InChI=1S/C18H16I2N2O4/c1-11-6-12-4-2-3-5-15(12)22(11)16(23)10-26-17(24)9-21-7-13(19)18(25)14(20)8-21/h2-5,7-8,11H,6,9-10H2,1H3. The summed E-state index contributed by atoms with van der Waals surface area (Å²) < 4.78 is 7.81. The van der Waals surface area contributed by atoms with Crippen LogP contribution in [0.5, 0.6) is 0 Å². The van der Waals surface area contributed by atoms with Crippen molar-refractivity contribution in [1.82, 2.24) is 4.57 Å². The topological polar surface area (TPSA) is 68.6 Å². The molecule has 3 rings (SSSR count). The van der Waals surface area contributed by atoms with Crippen LogP contribution in [0.3, 0.4) is 0 Å². The number of halogens is 2. The summed E-state index contributed by atoms with van der Waals surface area (Å²) in [5.41, 5.74) is 1.94. The molecule has 1 unspecified atom stereocenters. The Bertz CT molecular complexity index is 899. The van der Waals surface area contributed by atoms with Gasteiger partial charge in [-0.2, -0.15) is 0 Å². The molecular weight excluding hydrogens is 562 g/mol. The third-order valence-corrected chi connectivity index (χ3v) is 5.67. The molecule has 1 amide bonds. The number of carbonyl (C=O) groups is 2. The number of hydrogen-bond donors (Lipinski definition) is 0. The molecule has 0 saturated heterocycles. The van der Waals surface area contributed by atoms with Gasteiger partial charge < -0.3 is 14.2 Å². The predicted molar refractivity (Wildman–Crippen MR) is 114 cm³/mol. The zero-order chi connectivity index (χ0) is 18.8. The summed E-state index contributed by atoms with van der Waals surface area (Å²) in [5, 5.41) is 0. The largest absolute Gasteiger partial charge is 0.454 e. The van der Waals surface area contributed by atoms with Crippen molar-refractivity contribution in [2.45, 2.75) is 25.9 Å². The van der Waals surface area contributed by atoms with Gasteiger partial charge in [0.25, 0.3) is 5.91 Å². The minimum Gasteiger partial charge on any atom is -0.454 e. The summed E-state index contributed by atoms with van der Waals surface area (Å²) >= 11 is 3.86. The first-order valence-corrected chi connectivity index (χ1v) is 10.1. The van der Waals surface area contributed by atoms with Crippen LogP contribution >= 0.6 is 45.2 Å². The van der Waals surface area contributed by atoms with Gasteiger partial charge in [-0.15, -0.1) is 0 Å². The fraction of sp³-hybridized carbons (Fsp3) is 0.278. The Morgan fingerprint density at radius 2 is 1.85 bits per heavy atom. The molecule has 8 heteroatoms. The van der Waals surface area contributed by atoms with E-state index in [1.54, 1.807) is 21.9 Å². The van der Waals surface area contributed by atoms with Gasteiger partial charge in [-0.1, -0.05) is 18.2 Å². The molecule has 6 nitrogen and oxygen atoms in total. The Morgan fingerprint density at radius 3 is 2.54 bits per heavy atom. The van der Waals surface area contributed by atoms with Gasteiger partial charge in [-0.25, -0.2) is 0 Å². The summed E-state index contributed by atoms with van der Waals surface area (Å²) in [6.45, 7) is 1.63. The molecule has 1 atom stereocenters. The average molecular weight is 578 g/mol. The van der Waals surface area contributed by atoms with E-state index in [0.717, 1.165) is 17.7 Å². The van der Waals surface area contributed by atoms with Crippen LogP contribution in [0.4, 0.5) is 5.69 Å². The summed E-state index contributed by atoms with van der Waals surface area (Å²) in [6, 6.07) is 7.80. The molecule has 0 aliphatic carbocycles. The molecule has 136 valence electrons. The highest BCUT2D eigenvalue weighted by atomic mass is 127. The van der Waals surface area contributed by atoms with Crippen LogP contribution in [-0.2, 0) is 27.3 Å². The molecule has 1 aromatic carbocycles. The minimum absolute atomic E-state index is 0.0423. The number of anilines is 1. The van der Waals surface area contributed by atoms with Crippen molar-refractivity contribution in [1.29, 1.82) is 0 Å². The number of esters is 1. The molecule has 0 N–H and O–H groups in total. The minimum atomic E-state index is -0.520. The smallest absolute Gasteiger partial charge is 0.326 e. The first-order valence-electron chi connectivity index (χ1n) is 7.97. The van der Waals surface area contributed by atoms with Gasteiger partial charge in [0.15, 0.2) is 6.61 Å². The van der Waals surface area contributed by atoms with E-state index in [0.29, 0.717) is 7.14 Å². The number of rotatable bonds is 4. The van der Waals surface area contributed by atoms with Gasteiger partial charge in [0.1, 0.15) is 6.54 Å². The van der Waals surface area contributed by atoms with E-state index < -0.39 is 5.97 Å². The average Bonchev–Trinajstić information content (AvgIpc) is 2.93. The van der Waals surface area contributed by atoms with Gasteiger partial charge in [0.05, 0.1) is 7.14 Å². The predicted octanol–water partition coefficient (Wildman–Crippen LogP) is 2.58. The molecule has 0 bridgehead atoms. The maximum absolute atomic E-state index is 12.5. The highest BCUT2D eigenvalue weighted by Crippen LogP contribution is 2.31. The van der Waals surface area contributed by atoms with Crippen LogP contribution in [0.15, 0.2) is 41.5 Å². The van der Waals surface area contributed by atoms with Crippen LogP contribution in [0.25, 0.3) is 0 Å². The number of benzene rings is 1. The lowest BCUT2D eigenvalue weighted by atomic mass is 10.1. The van der Waals surface area contributed by atoms with Crippen LogP contribution < -0.4 is 10.3 Å². The summed E-state index contributed by atoms with van der Waals surface area (Å²) in [6.07, 6.45) is 3.98. The Hall–Kier alpha value is -1.43. The zero-order valence-electron chi connectivity index (χ0n) is 13.9. The van der Waals surface area contributed by atoms with E-state index in [9.17, 15) is 14.4 Å². The van der Waals surface area contributed by atoms with E-state index in [2.05, 4.69) is 0 Å². The molecule has 1 aromatic heterocycles. The lowest BCUT2D eigenvalue weighted by Crippen LogP contribution is -2.39. The Labute approximate surface area is 177 Å². The van der Waals surface area contributed by atoms with Crippen LogP contribution in [0, 0.1) is 7.14 Å². The number of pyridine rings is 1. The van der Waals surface area contributed by atoms with Crippen molar-refractivity contribution in [3.05, 3.63) is 59.6 Å². The third kappa shape index (κ3) is 4.11. The number of amides is 1. The first kappa shape index (κ1) is 19.3. The van der Waals surface area contributed by atoms with E-state index in [-0.39, 0.29) is 30.5 Å². The highest BCUT2D eigenvalue weighted by molar-refractivity contribution is 14.1. The van der Waals surface area contributed by atoms with Gasteiger partial charge >= 0.3 is 5.97 Å². The lowest BCUT2D eigenvalue weighted by Gasteiger charge is -2.22. The van der Waals surface area contributed by atoms with E-state index in [1.165, 1.54) is 0 Å². The van der Waals surface area contributed by atoms with Crippen LogP contribution in [0.1, 0.15) is 12.5 Å². The summed E-state index contributed by atoms with van der Waals surface area (Å²) in [5.74, 6) is -0.756. The number of nitrogens with zero attached hydrogens (tertiary/aromatic N) is 2. The first-order chi connectivity index (χ1) is 12.4. The molecule has 2 aromatic rings. The lowest BCUT2D eigenvalue weighted by molar-refractivity contribution is -0.148. The molecular formula is C18H16I2N2O4. The number of para-hydroxylation sites is 1. The van der Waals surface area contributed by atoms with Gasteiger partial charge in [-0.05, 0) is 70.2 Å². The maximum atomic E-state index is 12.5. The second-order valence-corrected chi connectivity index (χ2v) is 8.39. The molecule has 0 saturated carbocycles. The van der Waals surface area contributed by atoms with Crippen molar-refractivity contribution in [2.75, 3.05) is 11.5 Å². The van der Waals surface area contributed by atoms with Gasteiger partial charge in [0, 0.05) is 24.1 Å².